The van der Waals surface area contributed by atoms with Crippen molar-refractivity contribution < 1.29 is 4.74 Å². The lowest BCUT2D eigenvalue weighted by Gasteiger charge is -2.34. The summed E-state index contributed by atoms with van der Waals surface area (Å²) in [5.74, 6) is 0. The van der Waals surface area contributed by atoms with E-state index < -0.39 is 0 Å². The molecule has 1 aliphatic rings. The average Bonchev–Trinajstić information content (AvgIpc) is 2.19. The molecule has 1 heterocycles. The van der Waals surface area contributed by atoms with E-state index >= 15 is 0 Å². The Morgan fingerprint density at radius 1 is 1.36 bits per heavy atom. The lowest BCUT2D eigenvalue weighted by Crippen LogP contribution is -2.45. The molecule has 0 unspecified atom stereocenters. The molecule has 1 fully saturated rings. The molecule has 1 rings (SSSR count). The van der Waals surface area contributed by atoms with Gasteiger partial charge < -0.3 is 15.0 Å². The summed E-state index contributed by atoms with van der Waals surface area (Å²) in [4.78, 5) is 2.55. The van der Waals surface area contributed by atoms with E-state index in [1.165, 1.54) is 25.9 Å². The highest BCUT2D eigenvalue weighted by molar-refractivity contribution is 4.78. The van der Waals surface area contributed by atoms with Crippen molar-refractivity contribution in [2.75, 3.05) is 33.4 Å². The summed E-state index contributed by atoms with van der Waals surface area (Å²) in [6.07, 6.45) is 2.56. The molecule has 1 saturated heterocycles. The molecule has 3 nitrogen and oxygen atoms in total. The quantitative estimate of drug-likeness (QED) is 0.673. The Hall–Kier alpha value is -0.120. The van der Waals surface area contributed by atoms with Crippen LogP contribution >= 0.6 is 0 Å². The lowest BCUT2D eigenvalue weighted by molar-refractivity contribution is 0.150. The Bertz CT molecular complexity index is 142. The van der Waals surface area contributed by atoms with E-state index in [9.17, 15) is 0 Å². The van der Waals surface area contributed by atoms with Crippen molar-refractivity contribution in [3.05, 3.63) is 0 Å². The van der Waals surface area contributed by atoms with Gasteiger partial charge in [-0.3, -0.25) is 0 Å². The van der Waals surface area contributed by atoms with E-state index in [4.69, 9.17) is 4.74 Å². The van der Waals surface area contributed by atoms with Gasteiger partial charge in [-0.05, 0) is 39.8 Å². The minimum absolute atomic E-state index is 0.704. The van der Waals surface area contributed by atoms with Crippen LogP contribution in [0.3, 0.4) is 0 Å². The number of hydrogen-bond acceptors (Lipinski definition) is 3. The summed E-state index contributed by atoms with van der Waals surface area (Å²) in [6, 6.07) is 1.41. The third kappa shape index (κ3) is 3.95. The van der Waals surface area contributed by atoms with Gasteiger partial charge in [-0.1, -0.05) is 0 Å². The fourth-order valence-electron chi connectivity index (χ4n) is 1.99. The number of rotatable bonds is 5. The molecule has 0 bridgehead atoms. The first kappa shape index (κ1) is 12.0. The van der Waals surface area contributed by atoms with Crippen molar-refractivity contribution in [2.24, 2.45) is 0 Å². The highest BCUT2D eigenvalue weighted by Crippen LogP contribution is 2.12. The van der Waals surface area contributed by atoms with Gasteiger partial charge in [-0.25, -0.2) is 0 Å². The van der Waals surface area contributed by atoms with Gasteiger partial charge in [0.15, 0.2) is 0 Å². The zero-order chi connectivity index (χ0) is 10.4. The van der Waals surface area contributed by atoms with Gasteiger partial charge in [0.1, 0.15) is 0 Å². The number of nitrogens with zero attached hydrogens (tertiary/aromatic N) is 1. The highest BCUT2D eigenvalue weighted by atomic mass is 16.5. The van der Waals surface area contributed by atoms with E-state index in [1.807, 2.05) is 0 Å². The first-order valence-electron chi connectivity index (χ1n) is 5.70. The van der Waals surface area contributed by atoms with Crippen LogP contribution in [0.1, 0.15) is 26.7 Å². The molecule has 1 aliphatic heterocycles. The van der Waals surface area contributed by atoms with Crippen LogP contribution in [0.5, 0.6) is 0 Å². The highest BCUT2D eigenvalue weighted by Gasteiger charge is 2.19. The van der Waals surface area contributed by atoms with Gasteiger partial charge in [-0.15, -0.1) is 0 Å². The first-order valence-corrected chi connectivity index (χ1v) is 5.70. The van der Waals surface area contributed by atoms with Gasteiger partial charge in [0.25, 0.3) is 0 Å². The van der Waals surface area contributed by atoms with Crippen molar-refractivity contribution in [2.45, 2.75) is 38.8 Å². The van der Waals surface area contributed by atoms with E-state index in [0.717, 1.165) is 13.2 Å². The van der Waals surface area contributed by atoms with E-state index in [1.54, 1.807) is 7.11 Å². The van der Waals surface area contributed by atoms with Crippen LogP contribution in [0.25, 0.3) is 0 Å². The Morgan fingerprint density at radius 3 is 2.50 bits per heavy atom. The predicted molar refractivity (Wildman–Crippen MR) is 59.6 cm³/mol. The second-order valence-corrected chi connectivity index (χ2v) is 4.35. The molecule has 84 valence electrons. The fourth-order valence-corrected chi connectivity index (χ4v) is 1.99. The van der Waals surface area contributed by atoms with Gasteiger partial charge in [0.2, 0.25) is 0 Å². The topological polar surface area (TPSA) is 24.5 Å². The standard InChI is InChI=1S/C11H24N2O/c1-10(2)13-7-4-11(5-8-13)12-6-9-14-3/h10-12H,4-9H2,1-3H3. The molecule has 0 aromatic carbocycles. The van der Waals surface area contributed by atoms with Crippen LogP contribution in [-0.2, 0) is 4.74 Å². The average molecular weight is 200 g/mol. The Labute approximate surface area is 87.8 Å². The van der Waals surface area contributed by atoms with E-state index in [0.29, 0.717) is 12.1 Å². The van der Waals surface area contributed by atoms with E-state index in [-0.39, 0.29) is 0 Å². The van der Waals surface area contributed by atoms with Gasteiger partial charge in [0.05, 0.1) is 6.61 Å². The number of hydrogen-bond donors (Lipinski definition) is 1. The molecule has 0 amide bonds. The Balaban J connectivity index is 2.09. The summed E-state index contributed by atoms with van der Waals surface area (Å²) >= 11 is 0. The number of likely N-dealkylation sites (tertiary alicyclic amines) is 1. The second-order valence-electron chi connectivity index (χ2n) is 4.35. The second kappa shape index (κ2) is 6.38. The number of nitrogens with one attached hydrogen (secondary N) is 1. The van der Waals surface area contributed by atoms with Crippen LogP contribution in [0, 0.1) is 0 Å². The molecule has 3 heteroatoms. The van der Waals surface area contributed by atoms with Crippen molar-refractivity contribution >= 4 is 0 Å². The van der Waals surface area contributed by atoms with Crippen molar-refractivity contribution in [1.82, 2.24) is 10.2 Å². The van der Waals surface area contributed by atoms with Crippen LogP contribution in [0.2, 0.25) is 0 Å². The Morgan fingerprint density at radius 2 is 2.00 bits per heavy atom. The molecule has 0 radical (unpaired) electrons. The summed E-state index contributed by atoms with van der Waals surface area (Å²) in [7, 11) is 1.75. The molecule has 0 aromatic heterocycles. The summed E-state index contributed by atoms with van der Waals surface area (Å²) in [5, 5.41) is 3.53. The SMILES string of the molecule is COCCNC1CCN(C(C)C)CC1. The molecule has 0 atom stereocenters. The first-order chi connectivity index (χ1) is 6.74. The summed E-state index contributed by atoms with van der Waals surface area (Å²) in [6.45, 7) is 8.84. The number of ether oxygens (including phenoxy) is 1. The third-order valence-electron chi connectivity index (χ3n) is 3.00. The monoisotopic (exact) mass is 200 g/mol. The predicted octanol–water partition coefficient (Wildman–Crippen LogP) is 1.10. The molecule has 1 N–H and O–H groups in total. The zero-order valence-corrected chi connectivity index (χ0v) is 9.75. The van der Waals surface area contributed by atoms with Crippen LogP contribution in [-0.4, -0.2) is 50.3 Å². The molecule has 0 saturated carbocycles. The third-order valence-corrected chi connectivity index (χ3v) is 3.00. The summed E-state index contributed by atoms with van der Waals surface area (Å²) < 4.78 is 5.02. The lowest BCUT2D eigenvalue weighted by atomic mass is 10.0. The smallest absolute Gasteiger partial charge is 0.0587 e. The van der Waals surface area contributed by atoms with Crippen molar-refractivity contribution in [3.8, 4) is 0 Å². The normalized spacial score (nSPS) is 20.6. The maximum atomic E-state index is 5.02. The minimum atomic E-state index is 0.704. The van der Waals surface area contributed by atoms with Gasteiger partial charge in [-0.2, -0.15) is 0 Å². The van der Waals surface area contributed by atoms with Gasteiger partial charge >= 0.3 is 0 Å². The van der Waals surface area contributed by atoms with E-state index in [2.05, 4.69) is 24.1 Å². The van der Waals surface area contributed by atoms with Gasteiger partial charge in [0, 0.05) is 25.7 Å². The maximum absolute atomic E-state index is 5.02. The molecule has 0 aromatic rings. The fraction of sp³-hybridized carbons (Fsp3) is 1.00. The molecule has 0 aliphatic carbocycles. The molecular weight excluding hydrogens is 176 g/mol. The summed E-state index contributed by atoms with van der Waals surface area (Å²) in [5.41, 5.74) is 0. The van der Waals surface area contributed by atoms with Crippen LogP contribution < -0.4 is 5.32 Å². The van der Waals surface area contributed by atoms with Crippen LogP contribution in [0.15, 0.2) is 0 Å². The maximum Gasteiger partial charge on any atom is 0.0587 e. The van der Waals surface area contributed by atoms with Crippen molar-refractivity contribution in [3.63, 3.8) is 0 Å². The van der Waals surface area contributed by atoms with Crippen molar-refractivity contribution in [1.29, 1.82) is 0 Å². The number of piperidine rings is 1. The molecule has 0 spiro atoms. The van der Waals surface area contributed by atoms with Crippen LogP contribution in [0.4, 0.5) is 0 Å². The molecular formula is C11H24N2O. The largest absolute Gasteiger partial charge is 0.383 e. The number of methoxy groups -OCH3 is 1. The minimum Gasteiger partial charge on any atom is -0.383 e. The molecule has 14 heavy (non-hydrogen) atoms. The zero-order valence-electron chi connectivity index (χ0n) is 9.75. The Kier molecular flexibility index (Phi) is 5.45.